The summed E-state index contributed by atoms with van der Waals surface area (Å²) in [6, 6.07) is 0. The molecule has 0 aliphatic carbocycles. The minimum atomic E-state index is -1.22. The first kappa shape index (κ1) is 10.2. The first-order chi connectivity index (χ1) is 6.60. The number of hydrogen-bond donors (Lipinski definition) is 1. The first-order valence-electron chi connectivity index (χ1n) is 3.80. The monoisotopic (exact) mass is 198 g/mol. The molecule has 0 bridgehead atoms. The van der Waals surface area contributed by atoms with Crippen LogP contribution >= 0.6 is 0 Å². The molecule has 0 aliphatic heterocycles. The molecular formula is C8H10N2O4. The van der Waals surface area contributed by atoms with Gasteiger partial charge in [-0.2, -0.15) is 9.97 Å². The lowest BCUT2D eigenvalue weighted by Crippen LogP contribution is -2.08. The lowest BCUT2D eigenvalue weighted by molar-refractivity contribution is 0.0681. The number of carboxylic acids is 1. The molecule has 0 unspecified atom stereocenters. The Balaban J connectivity index is 3.32. The van der Waals surface area contributed by atoms with Crippen molar-refractivity contribution in [2.24, 2.45) is 0 Å². The molecule has 0 aromatic carbocycles. The molecule has 0 amide bonds. The van der Waals surface area contributed by atoms with Crippen LogP contribution in [0.1, 0.15) is 16.2 Å². The zero-order chi connectivity index (χ0) is 10.7. The minimum absolute atomic E-state index is 0.203. The van der Waals surface area contributed by atoms with Crippen molar-refractivity contribution in [3.05, 3.63) is 11.4 Å². The highest BCUT2D eigenvalue weighted by Gasteiger charge is 2.15. The van der Waals surface area contributed by atoms with Gasteiger partial charge in [-0.1, -0.05) is 0 Å². The van der Waals surface area contributed by atoms with Crippen molar-refractivity contribution >= 4 is 5.97 Å². The second-order valence-corrected chi connectivity index (χ2v) is 2.50. The second-order valence-electron chi connectivity index (χ2n) is 2.50. The fourth-order valence-corrected chi connectivity index (χ4v) is 0.970. The van der Waals surface area contributed by atoms with Crippen LogP contribution in [0.2, 0.25) is 0 Å². The quantitative estimate of drug-likeness (QED) is 0.761. The van der Waals surface area contributed by atoms with Crippen molar-refractivity contribution in [1.29, 1.82) is 0 Å². The lowest BCUT2D eigenvalue weighted by Gasteiger charge is -2.07. The van der Waals surface area contributed by atoms with Gasteiger partial charge in [-0.05, 0) is 6.92 Å². The molecule has 0 radical (unpaired) electrons. The third kappa shape index (κ3) is 1.73. The van der Waals surface area contributed by atoms with Crippen molar-refractivity contribution in [1.82, 2.24) is 9.97 Å². The summed E-state index contributed by atoms with van der Waals surface area (Å²) in [7, 11) is 2.81. The van der Waals surface area contributed by atoms with E-state index < -0.39 is 5.97 Å². The number of rotatable bonds is 3. The van der Waals surface area contributed by atoms with E-state index in [1.165, 1.54) is 14.2 Å². The molecule has 0 atom stereocenters. The van der Waals surface area contributed by atoms with Crippen molar-refractivity contribution in [2.75, 3.05) is 14.2 Å². The van der Waals surface area contributed by atoms with Crippen LogP contribution in [-0.2, 0) is 0 Å². The van der Waals surface area contributed by atoms with Gasteiger partial charge in [-0.3, -0.25) is 0 Å². The van der Waals surface area contributed by atoms with Gasteiger partial charge < -0.3 is 14.6 Å². The molecule has 0 spiro atoms. The summed E-state index contributed by atoms with van der Waals surface area (Å²) in [5.74, 6) is -1.16. The van der Waals surface area contributed by atoms with Crippen LogP contribution in [0.3, 0.4) is 0 Å². The molecular weight excluding hydrogens is 188 g/mol. The van der Waals surface area contributed by atoms with Gasteiger partial charge >= 0.3 is 5.97 Å². The lowest BCUT2D eigenvalue weighted by atomic mass is 10.3. The maximum atomic E-state index is 10.6. The summed E-state index contributed by atoms with van der Waals surface area (Å²) < 4.78 is 9.77. The van der Waals surface area contributed by atoms with E-state index in [1.54, 1.807) is 6.92 Å². The summed E-state index contributed by atoms with van der Waals surface area (Å²) in [4.78, 5) is 18.0. The van der Waals surface area contributed by atoms with Gasteiger partial charge in [0, 0.05) is 0 Å². The molecule has 0 saturated carbocycles. The van der Waals surface area contributed by atoms with Gasteiger partial charge in [0.25, 0.3) is 0 Å². The number of carbonyl (C=O) groups is 1. The SMILES string of the molecule is COc1nc(C(=O)O)nc(OC)c1C. The van der Waals surface area contributed by atoms with Gasteiger partial charge in [0.15, 0.2) is 0 Å². The Kier molecular flexibility index (Phi) is 2.85. The van der Waals surface area contributed by atoms with Crippen LogP contribution in [0, 0.1) is 6.92 Å². The standard InChI is InChI=1S/C8H10N2O4/c1-4-6(13-2)9-5(8(11)12)10-7(4)14-3/h1-3H3,(H,11,12). The average Bonchev–Trinajstić information content (AvgIpc) is 2.17. The normalized spacial score (nSPS) is 9.64. The highest BCUT2D eigenvalue weighted by Crippen LogP contribution is 2.22. The zero-order valence-electron chi connectivity index (χ0n) is 8.07. The van der Waals surface area contributed by atoms with Gasteiger partial charge in [0.2, 0.25) is 17.6 Å². The minimum Gasteiger partial charge on any atom is -0.481 e. The molecule has 1 heterocycles. The Morgan fingerprint density at radius 2 is 1.64 bits per heavy atom. The number of hydrogen-bond acceptors (Lipinski definition) is 5. The number of aromatic carboxylic acids is 1. The topological polar surface area (TPSA) is 81.5 Å². The van der Waals surface area contributed by atoms with Crippen molar-refractivity contribution in [3.8, 4) is 11.8 Å². The molecule has 6 nitrogen and oxygen atoms in total. The maximum Gasteiger partial charge on any atom is 0.374 e. The summed E-state index contributed by atoms with van der Waals surface area (Å²) >= 11 is 0. The van der Waals surface area contributed by atoms with Crippen molar-refractivity contribution in [2.45, 2.75) is 6.92 Å². The number of aromatic nitrogens is 2. The smallest absolute Gasteiger partial charge is 0.374 e. The maximum absolute atomic E-state index is 10.6. The van der Waals surface area contributed by atoms with Crippen LogP contribution in [0.5, 0.6) is 11.8 Å². The van der Waals surface area contributed by atoms with Gasteiger partial charge in [-0.15, -0.1) is 0 Å². The Morgan fingerprint density at radius 1 is 1.21 bits per heavy atom. The van der Waals surface area contributed by atoms with E-state index in [2.05, 4.69) is 9.97 Å². The highest BCUT2D eigenvalue weighted by molar-refractivity contribution is 5.83. The number of carboxylic acid groups (broad SMARTS) is 1. The largest absolute Gasteiger partial charge is 0.481 e. The predicted molar refractivity (Wildman–Crippen MR) is 46.8 cm³/mol. The summed E-state index contributed by atoms with van der Waals surface area (Å²) in [5.41, 5.74) is 0.569. The van der Waals surface area contributed by atoms with E-state index in [4.69, 9.17) is 14.6 Å². The molecule has 1 aromatic rings. The molecule has 1 rings (SSSR count). The van der Waals surface area contributed by atoms with E-state index in [0.29, 0.717) is 5.56 Å². The molecule has 0 fully saturated rings. The van der Waals surface area contributed by atoms with Crippen LogP contribution < -0.4 is 9.47 Å². The first-order valence-corrected chi connectivity index (χ1v) is 3.80. The van der Waals surface area contributed by atoms with Crippen LogP contribution in [-0.4, -0.2) is 35.3 Å². The highest BCUT2D eigenvalue weighted by atomic mass is 16.5. The molecule has 0 saturated heterocycles. The Morgan fingerprint density at radius 3 is 1.93 bits per heavy atom. The fraction of sp³-hybridized carbons (Fsp3) is 0.375. The molecule has 6 heteroatoms. The third-order valence-electron chi connectivity index (χ3n) is 1.63. The molecule has 76 valence electrons. The summed E-state index contributed by atoms with van der Waals surface area (Å²) in [6.45, 7) is 1.68. The van der Waals surface area contributed by atoms with Crippen LogP contribution in [0.15, 0.2) is 0 Å². The molecule has 1 aromatic heterocycles. The van der Waals surface area contributed by atoms with E-state index in [9.17, 15) is 4.79 Å². The average molecular weight is 198 g/mol. The summed E-state index contributed by atoms with van der Waals surface area (Å²) in [6.07, 6.45) is 0. The Hall–Kier alpha value is -1.85. The van der Waals surface area contributed by atoms with E-state index >= 15 is 0 Å². The van der Waals surface area contributed by atoms with Gasteiger partial charge in [0.05, 0.1) is 19.8 Å². The summed E-state index contributed by atoms with van der Waals surface area (Å²) in [5, 5.41) is 8.68. The van der Waals surface area contributed by atoms with E-state index in [0.717, 1.165) is 0 Å². The third-order valence-corrected chi connectivity index (χ3v) is 1.63. The molecule has 1 N–H and O–H groups in total. The van der Waals surface area contributed by atoms with E-state index in [1.807, 2.05) is 0 Å². The van der Waals surface area contributed by atoms with Crippen molar-refractivity contribution in [3.63, 3.8) is 0 Å². The second kappa shape index (κ2) is 3.91. The zero-order valence-corrected chi connectivity index (χ0v) is 8.07. The van der Waals surface area contributed by atoms with Crippen LogP contribution in [0.4, 0.5) is 0 Å². The molecule has 0 aliphatic rings. The van der Waals surface area contributed by atoms with Crippen molar-refractivity contribution < 1.29 is 19.4 Å². The predicted octanol–water partition coefficient (Wildman–Crippen LogP) is 0.500. The van der Waals surface area contributed by atoms with E-state index in [-0.39, 0.29) is 17.6 Å². The van der Waals surface area contributed by atoms with Gasteiger partial charge in [-0.25, -0.2) is 4.79 Å². The van der Waals surface area contributed by atoms with Gasteiger partial charge in [0.1, 0.15) is 0 Å². The molecule has 14 heavy (non-hydrogen) atoms. The number of ether oxygens (including phenoxy) is 2. The Labute approximate surface area is 80.5 Å². The van der Waals surface area contributed by atoms with Crippen LogP contribution in [0.25, 0.3) is 0 Å². The number of methoxy groups -OCH3 is 2. The fourth-order valence-electron chi connectivity index (χ4n) is 0.970. The Bertz CT molecular complexity index is 339. The number of nitrogens with zero attached hydrogens (tertiary/aromatic N) is 2.